The van der Waals surface area contributed by atoms with Gasteiger partial charge in [-0.3, -0.25) is 0 Å². The molecule has 0 amide bonds. The Hall–Kier alpha value is -2.17. The lowest BCUT2D eigenvalue weighted by molar-refractivity contribution is 0.610. The highest BCUT2D eigenvalue weighted by atomic mass is 19.1. The van der Waals surface area contributed by atoms with Crippen molar-refractivity contribution in [1.29, 1.82) is 0 Å². The second-order valence-electron chi connectivity index (χ2n) is 6.37. The summed E-state index contributed by atoms with van der Waals surface area (Å²) in [6.45, 7) is 0.640. The Bertz CT molecular complexity index is 639. The average Bonchev–Trinajstić information content (AvgIpc) is 2.86. The van der Waals surface area contributed by atoms with Crippen LogP contribution < -0.4 is 10.6 Å². The largest absolute Gasteiger partial charge is 0.370 e. The predicted octanol–water partition coefficient (Wildman–Crippen LogP) is 4.41. The van der Waals surface area contributed by atoms with Crippen LogP contribution >= 0.6 is 0 Å². The Morgan fingerprint density at radius 3 is 2.62 bits per heavy atom. The van der Waals surface area contributed by atoms with Crippen molar-refractivity contribution in [3.63, 3.8) is 0 Å². The highest BCUT2D eigenvalue weighted by molar-refractivity contribution is 5.40. The minimum absolute atomic E-state index is 0.155. The normalized spacial score (nSPS) is 15.7. The van der Waals surface area contributed by atoms with E-state index in [1.54, 1.807) is 12.3 Å². The van der Waals surface area contributed by atoms with Gasteiger partial charge in [-0.2, -0.15) is 4.98 Å². The Morgan fingerprint density at radius 2 is 1.83 bits per heavy atom. The lowest BCUT2D eigenvalue weighted by atomic mass is 10.1. The molecule has 1 heterocycles. The molecule has 24 heavy (non-hydrogen) atoms. The fourth-order valence-electron chi connectivity index (χ4n) is 3.16. The fraction of sp³-hybridized carbons (Fsp3) is 0.474. The summed E-state index contributed by atoms with van der Waals surface area (Å²) in [6, 6.07) is 9.20. The van der Waals surface area contributed by atoms with Crippen LogP contribution in [0.25, 0.3) is 0 Å². The van der Waals surface area contributed by atoms with Gasteiger partial charge in [-0.25, -0.2) is 9.37 Å². The lowest BCUT2D eigenvalue weighted by Gasteiger charge is -2.16. The molecule has 1 aromatic carbocycles. The summed E-state index contributed by atoms with van der Waals surface area (Å²) in [7, 11) is 0. The quantitative estimate of drug-likeness (QED) is 0.772. The van der Waals surface area contributed by atoms with E-state index in [1.165, 1.54) is 44.6 Å². The smallest absolute Gasteiger partial charge is 0.224 e. The second kappa shape index (κ2) is 8.62. The van der Waals surface area contributed by atoms with E-state index in [4.69, 9.17) is 0 Å². The van der Waals surface area contributed by atoms with Gasteiger partial charge in [0.25, 0.3) is 0 Å². The summed E-state index contributed by atoms with van der Waals surface area (Å²) in [5.41, 5.74) is 0.718. The average molecular weight is 328 g/mol. The zero-order valence-corrected chi connectivity index (χ0v) is 14.0. The number of benzene rings is 1. The van der Waals surface area contributed by atoms with E-state index < -0.39 is 0 Å². The van der Waals surface area contributed by atoms with Crippen molar-refractivity contribution in [2.24, 2.45) is 0 Å². The van der Waals surface area contributed by atoms with Gasteiger partial charge in [0.15, 0.2) is 0 Å². The maximum atomic E-state index is 13.6. The molecule has 128 valence electrons. The molecule has 2 aromatic rings. The summed E-state index contributed by atoms with van der Waals surface area (Å²) in [6.07, 6.45) is 9.98. The fourth-order valence-corrected chi connectivity index (χ4v) is 3.16. The molecular weight excluding hydrogens is 303 g/mol. The van der Waals surface area contributed by atoms with Crippen molar-refractivity contribution in [3.8, 4) is 0 Å². The van der Waals surface area contributed by atoms with Crippen LogP contribution in [0.15, 0.2) is 36.5 Å². The van der Waals surface area contributed by atoms with Gasteiger partial charge in [0.05, 0.1) is 0 Å². The van der Waals surface area contributed by atoms with Crippen LogP contribution in [0.5, 0.6) is 0 Å². The third-order valence-electron chi connectivity index (χ3n) is 4.50. The summed E-state index contributed by atoms with van der Waals surface area (Å²) in [5.74, 6) is 1.30. The van der Waals surface area contributed by atoms with Crippen LogP contribution in [0.4, 0.5) is 16.2 Å². The number of anilines is 2. The SMILES string of the molecule is Fc1ccccc1CCNc1ccnc(NC2CCCCCC2)n1. The molecule has 5 heteroatoms. The molecule has 1 aliphatic rings. The first-order valence-electron chi connectivity index (χ1n) is 8.88. The molecule has 0 unspecified atom stereocenters. The van der Waals surface area contributed by atoms with Gasteiger partial charge in [-0.15, -0.1) is 0 Å². The monoisotopic (exact) mass is 328 g/mol. The number of nitrogens with zero attached hydrogens (tertiary/aromatic N) is 2. The zero-order valence-electron chi connectivity index (χ0n) is 14.0. The molecule has 4 nitrogen and oxygen atoms in total. The van der Waals surface area contributed by atoms with Crippen molar-refractivity contribution in [2.75, 3.05) is 17.2 Å². The molecular formula is C19H25FN4. The van der Waals surface area contributed by atoms with E-state index in [2.05, 4.69) is 20.6 Å². The van der Waals surface area contributed by atoms with Gasteiger partial charge >= 0.3 is 0 Å². The molecule has 1 aromatic heterocycles. The van der Waals surface area contributed by atoms with Gasteiger partial charge in [0, 0.05) is 18.8 Å². The van der Waals surface area contributed by atoms with Gasteiger partial charge in [-0.05, 0) is 37.0 Å². The molecule has 0 spiro atoms. The van der Waals surface area contributed by atoms with Gasteiger partial charge in [0.2, 0.25) is 5.95 Å². The Labute approximate surface area is 142 Å². The summed E-state index contributed by atoms with van der Waals surface area (Å²) in [5, 5.41) is 6.71. The second-order valence-corrected chi connectivity index (χ2v) is 6.37. The van der Waals surface area contributed by atoms with Crippen molar-refractivity contribution >= 4 is 11.8 Å². The van der Waals surface area contributed by atoms with Crippen molar-refractivity contribution in [2.45, 2.75) is 51.0 Å². The summed E-state index contributed by atoms with van der Waals surface area (Å²) < 4.78 is 13.6. The number of rotatable bonds is 6. The predicted molar refractivity (Wildman–Crippen MR) is 95.7 cm³/mol. The molecule has 0 radical (unpaired) electrons. The number of hydrogen-bond donors (Lipinski definition) is 2. The number of aromatic nitrogens is 2. The van der Waals surface area contributed by atoms with Crippen LogP contribution in [0.1, 0.15) is 44.1 Å². The Morgan fingerprint density at radius 1 is 1.04 bits per heavy atom. The first kappa shape index (κ1) is 16.7. The first-order chi connectivity index (χ1) is 11.8. The van der Waals surface area contributed by atoms with E-state index >= 15 is 0 Å². The molecule has 1 saturated carbocycles. The summed E-state index contributed by atoms with van der Waals surface area (Å²) in [4.78, 5) is 8.85. The van der Waals surface area contributed by atoms with E-state index in [1.807, 2.05) is 18.2 Å². The highest BCUT2D eigenvalue weighted by Gasteiger charge is 2.13. The first-order valence-corrected chi connectivity index (χ1v) is 8.88. The molecule has 0 atom stereocenters. The van der Waals surface area contributed by atoms with Crippen LogP contribution in [0.3, 0.4) is 0 Å². The van der Waals surface area contributed by atoms with Crippen LogP contribution in [-0.2, 0) is 6.42 Å². The van der Waals surface area contributed by atoms with Crippen LogP contribution in [-0.4, -0.2) is 22.6 Å². The van der Waals surface area contributed by atoms with Crippen molar-refractivity contribution < 1.29 is 4.39 Å². The Kier molecular flexibility index (Phi) is 5.99. The van der Waals surface area contributed by atoms with Crippen molar-refractivity contribution in [1.82, 2.24) is 9.97 Å². The maximum Gasteiger partial charge on any atom is 0.224 e. The van der Waals surface area contributed by atoms with Crippen LogP contribution in [0.2, 0.25) is 0 Å². The van der Waals surface area contributed by atoms with E-state index in [9.17, 15) is 4.39 Å². The molecule has 1 aliphatic carbocycles. The zero-order chi connectivity index (χ0) is 16.6. The van der Waals surface area contributed by atoms with Gasteiger partial charge in [0.1, 0.15) is 11.6 Å². The number of halogens is 1. The third kappa shape index (κ3) is 4.91. The Balaban J connectivity index is 1.52. The molecule has 1 fully saturated rings. The number of hydrogen-bond acceptors (Lipinski definition) is 4. The minimum atomic E-state index is -0.155. The van der Waals surface area contributed by atoms with E-state index in [0.29, 0.717) is 25.0 Å². The standard InChI is InChI=1S/C19H25FN4/c20-17-10-6-5-7-15(17)11-13-21-18-12-14-22-19(24-18)23-16-8-3-1-2-4-9-16/h5-7,10,12,14,16H,1-4,8-9,11,13H2,(H2,21,22,23,24). The van der Waals surface area contributed by atoms with E-state index in [0.717, 1.165) is 11.4 Å². The third-order valence-corrected chi connectivity index (χ3v) is 4.50. The summed E-state index contributed by atoms with van der Waals surface area (Å²) >= 11 is 0. The van der Waals surface area contributed by atoms with E-state index in [-0.39, 0.29) is 5.82 Å². The highest BCUT2D eigenvalue weighted by Crippen LogP contribution is 2.20. The number of nitrogens with one attached hydrogen (secondary N) is 2. The molecule has 0 aliphatic heterocycles. The van der Waals surface area contributed by atoms with Crippen LogP contribution in [0, 0.1) is 5.82 Å². The van der Waals surface area contributed by atoms with Gasteiger partial charge in [-0.1, -0.05) is 43.9 Å². The topological polar surface area (TPSA) is 49.8 Å². The van der Waals surface area contributed by atoms with Crippen molar-refractivity contribution in [3.05, 3.63) is 47.9 Å². The minimum Gasteiger partial charge on any atom is -0.370 e. The molecule has 3 rings (SSSR count). The molecule has 2 N–H and O–H groups in total. The maximum absolute atomic E-state index is 13.6. The van der Waals surface area contributed by atoms with Gasteiger partial charge < -0.3 is 10.6 Å². The lowest BCUT2D eigenvalue weighted by Crippen LogP contribution is -2.20. The molecule has 0 saturated heterocycles. The molecule has 0 bridgehead atoms.